The second kappa shape index (κ2) is 6.40. The summed E-state index contributed by atoms with van der Waals surface area (Å²) in [7, 11) is 0. The van der Waals surface area contributed by atoms with E-state index in [4.69, 9.17) is 23.8 Å². The van der Waals surface area contributed by atoms with Crippen LogP contribution in [0.4, 0.5) is 5.69 Å². The molecular formula is C16H10ClN5OS2. The van der Waals surface area contributed by atoms with Crippen LogP contribution in [0.3, 0.4) is 0 Å². The number of hydrogen-bond acceptors (Lipinski definition) is 6. The Labute approximate surface area is 155 Å². The van der Waals surface area contributed by atoms with Crippen molar-refractivity contribution in [3.05, 3.63) is 67.3 Å². The van der Waals surface area contributed by atoms with Gasteiger partial charge in [0.1, 0.15) is 0 Å². The zero-order chi connectivity index (χ0) is 17.4. The Morgan fingerprint density at radius 2 is 2.24 bits per heavy atom. The van der Waals surface area contributed by atoms with E-state index in [1.165, 1.54) is 11.3 Å². The molecule has 9 heteroatoms. The molecule has 0 spiro atoms. The van der Waals surface area contributed by atoms with Crippen LogP contribution in [0.25, 0.3) is 11.7 Å². The molecule has 0 aliphatic rings. The molecule has 0 atom stereocenters. The second-order valence-electron chi connectivity index (χ2n) is 5.12. The van der Waals surface area contributed by atoms with Gasteiger partial charge in [-0.2, -0.15) is 5.10 Å². The lowest BCUT2D eigenvalue weighted by atomic mass is 10.3. The predicted octanol–water partition coefficient (Wildman–Crippen LogP) is 2.99. The number of aromatic nitrogens is 4. The van der Waals surface area contributed by atoms with Crippen LogP contribution < -0.4 is 10.7 Å². The minimum absolute atomic E-state index is 0.0362. The van der Waals surface area contributed by atoms with Gasteiger partial charge >= 0.3 is 0 Å². The van der Waals surface area contributed by atoms with Crippen molar-refractivity contribution in [2.75, 3.05) is 0 Å². The molecule has 0 unspecified atom stereocenters. The van der Waals surface area contributed by atoms with Gasteiger partial charge in [0.15, 0.2) is 15.1 Å². The summed E-state index contributed by atoms with van der Waals surface area (Å²) in [5.41, 5.74) is 1.88. The largest absolute Gasteiger partial charge is 0.494 e. The van der Waals surface area contributed by atoms with E-state index in [9.17, 15) is 5.11 Å². The van der Waals surface area contributed by atoms with Gasteiger partial charge in [0, 0.05) is 22.5 Å². The maximum absolute atomic E-state index is 9.86. The molecule has 0 saturated heterocycles. The van der Waals surface area contributed by atoms with Crippen molar-refractivity contribution in [2.45, 2.75) is 0 Å². The first-order chi connectivity index (χ1) is 12.1. The van der Waals surface area contributed by atoms with Crippen molar-refractivity contribution in [3.8, 4) is 5.88 Å². The van der Waals surface area contributed by atoms with Crippen LogP contribution in [-0.2, 0) is 0 Å². The van der Waals surface area contributed by atoms with Crippen LogP contribution in [0.2, 0.25) is 5.02 Å². The molecule has 4 aromatic rings. The third kappa shape index (κ3) is 3.32. The van der Waals surface area contributed by atoms with E-state index < -0.39 is 0 Å². The fraction of sp³-hybridized carbons (Fsp3) is 0. The fourth-order valence-electron chi connectivity index (χ4n) is 2.29. The van der Waals surface area contributed by atoms with Crippen LogP contribution in [0.1, 0.15) is 4.88 Å². The van der Waals surface area contributed by atoms with Crippen LogP contribution in [0, 0.1) is 3.95 Å². The Kier molecular flexibility index (Phi) is 4.08. The second-order valence-corrected chi connectivity index (χ2v) is 7.27. The van der Waals surface area contributed by atoms with Gasteiger partial charge in [-0.25, -0.2) is 14.5 Å². The number of fused-ring (bicyclic) bond motifs is 1. The van der Waals surface area contributed by atoms with E-state index >= 15 is 0 Å². The average Bonchev–Trinajstić information content (AvgIpc) is 3.11. The number of H-pyrrole nitrogens is 1. The summed E-state index contributed by atoms with van der Waals surface area (Å²) in [5, 5.41) is 15.5. The first-order valence-electron chi connectivity index (χ1n) is 7.17. The van der Waals surface area contributed by atoms with Gasteiger partial charge in [0.05, 0.1) is 16.8 Å². The van der Waals surface area contributed by atoms with E-state index in [1.807, 2.05) is 12.1 Å². The van der Waals surface area contributed by atoms with Crippen LogP contribution in [0.5, 0.6) is 5.88 Å². The minimum atomic E-state index is 0.0362. The predicted molar refractivity (Wildman–Crippen MR) is 99.6 cm³/mol. The molecule has 2 N–H and O–H groups in total. The van der Waals surface area contributed by atoms with Gasteiger partial charge in [0.2, 0.25) is 5.88 Å². The lowest BCUT2D eigenvalue weighted by molar-refractivity contribution is 0.456. The Balaban J connectivity index is 1.88. The first-order valence-corrected chi connectivity index (χ1v) is 8.77. The van der Waals surface area contributed by atoms with Gasteiger partial charge in [-0.05, 0) is 36.5 Å². The molecule has 0 aliphatic heterocycles. The summed E-state index contributed by atoms with van der Waals surface area (Å²) >= 11 is 12.3. The highest BCUT2D eigenvalue weighted by Crippen LogP contribution is 2.21. The summed E-state index contributed by atoms with van der Waals surface area (Å²) in [6.07, 6.45) is 5.24. The maximum atomic E-state index is 9.86. The fourth-order valence-corrected chi connectivity index (χ4v) is 3.52. The van der Waals surface area contributed by atoms with Gasteiger partial charge in [-0.15, -0.1) is 11.3 Å². The van der Waals surface area contributed by atoms with Crippen LogP contribution in [0.15, 0.2) is 47.7 Å². The van der Waals surface area contributed by atoms with Crippen LogP contribution in [-0.4, -0.2) is 24.7 Å². The van der Waals surface area contributed by atoms with Gasteiger partial charge < -0.3 is 10.1 Å². The van der Waals surface area contributed by atoms with Crippen LogP contribution >= 0.6 is 35.2 Å². The summed E-state index contributed by atoms with van der Waals surface area (Å²) in [4.78, 5) is 12.3. The summed E-state index contributed by atoms with van der Waals surface area (Å²) in [6.45, 7) is 0. The highest BCUT2D eigenvalue weighted by atomic mass is 35.5. The highest BCUT2D eigenvalue weighted by molar-refractivity contribution is 7.73. The van der Waals surface area contributed by atoms with Crippen molar-refractivity contribution in [1.29, 1.82) is 0 Å². The van der Waals surface area contributed by atoms with Crippen molar-refractivity contribution < 1.29 is 5.11 Å². The van der Waals surface area contributed by atoms with Crippen molar-refractivity contribution >= 4 is 52.6 Å². The number of benzene rings is 1. The molecule has 0 aliphatic carbocycles. The molecule has 0 radical (unpaired) electrons. The third-order valence-corrected chi connectivity index (χ3v) is 4.78. The number of rotatable bonds is 2. The van der Waals surface area contributed by atoms with Gasteiger partial charge in [-0.3, -0.25) is 0 Å². The quantitative estimate of drug-likeness (QED) is 0.518. The number of hydrogen-bond donors (Lipinski definition) is 2. The van der Waals surface area contributed by atoms with E-state index in [0.717, 1.165) is 10.9 Å². The van der Waals surface area contributed by atoms with E-state index in [1.54, 1.807) is 41.2 Å². The molecule has 0 saturated carbocycles. The number of thiazole rings is 1. The monoisotopic (exact) mass is 387 g/mol. The lowest BCUT2D eigenvalue weighted by Crippen LogP contribution is -2.12. The van der Waals surface area contributed by atoms with E-state index in [-0.39, 0.29) is 5.88 Å². The Hall–Kier alpha value is -2.55. The third-order valence-electron chi connectivity index (χ3n) is 3.38. The normalized spacial score (nSPS) is 13.0. The molecule has 0 bridgehead atoms. The smallest absolute Gasteiger partial charge is 0.207 e. The Morgan fingerprint density at radius 1 is 1.36 bits per heavy atom. The molecule has 0 fully saturated rings. The lowest BCUT2D eigenvalue weighted by Gasteiger charge is -1.95. The number of nitrogens with zero attached hydrogens (tertiary/aromatic N) is 4. The van der Waals surface area contributed by atoms with Crippen molar-refractivity contribution in [1.82, 2.24) is 19.6 Å². The molecule has 1 aromatic carbocycles. The minimum Gasteiger partial charge on any atom is -0.494 e. The number of nitrogens with one attached hydrogen (secondary N) is 1. The standard InChI is InChI=1S/C16H10ClN5OS2/c17-10-2-1-3-11(7-10)19-13-4-5-22-14(20-13)9(8-18-22)6-12-15(23)21-16(24)25-12/h1-8,23H,(H,21,24). The molecule has 6 nitrogen and oxygen atoms in total. The Bertz CT molecular complexity index is 1260. The number of aromatic hydroxyl groups is 1. The zero-order valence-electron chi connectivity index (χ0n) is 12.5. The summed E-state index contributed by atoms with van der Waals surface area (Å²) in [6, 6.07) is 9.01. The first kappa shape index (κ1) is 15.9. The molecule has 0 amide bonds. The molecule has 3 heterocycles. The molecule has 4 rings (SSSR count). The van der Waals surface area contributed by atoms with Crippen molar-refractivity contribution in [2.24, 2.45) is 4.99 Å². The molecule has 25 heavy (non-hydrogen) atoms. The van der Waals surface area contributed by atoms with Gasteiger partial charge in [0.25, 0.3) is 0 Å². The Morgan fingerprint density at radius 3 is 3.00 bits per heavy atom. The van der Waals surface area contributed by atoms with Gasteiger partial charge in [-0.1, -0.05) is 17.7 Å². The summed E-state index contributed by atoms with van der Waals surface area (Å²) in [5.74, 6) is 0.0362. The summed E-state index contributed by atoms with van der Waals surface area (Å²) < 4.78 is 2.15. The maximum Gasteiger partial charge on any atom is 0.207 e. The van der Waals surface area contributed by atoms with Crippen molar-refractivity contribution in [3.63, 3.8) is 0 Å². The molecule has 3 aromatic heterocycles. The molecule has 124 valence electrons. The highest BCUT2D eigenvalue weighted by Gasteiger charge is 2.04. The van der Waals surface area contributed by atoms with E-state index in [0.29, 0.717) is 25.0 Å². The number of halogens is 1. The number of aromatic amines is 1. The SMILES string of the molecule is Oc1[nH]c(=S)sc1C=c1cnn2ccc(=Nc3cccc(Cl)c3)nc12. The molecular weight excluding hydrogens is 378 g/mol. The average molecular weight is 388 g/mol. The topological polar surface area (TPSA) is 78.6 Å². The van der Waals surface area contributed by atoms with E-state index in [2.05, 4.69) is 20.1 Å². The zero-order valence-corrected chi connectivity index (χ0v) is 14.9.